The van der Waals surface area contributed by atoms with E-state index in [1.54, 1.807) is 0 Å². The van der Waals surface area contributed by atoms with E-state index < -0.39 is 6.08 Å². The largest absolute Gasteiger partial charge is 0.269 e. The van der Waals surface area contributed by atoms with Crippen LogP contribution in [0, 0.1) is 5.92 Å². The van der Waals surface area contributed by atoms with E-state index in [1.807, 2.05) is 0 Å². The molecule has 23 heavy (non-hydrogen) atoms. The summed E-state index contributed by atoms with van der Waals surface area (Å²) < 4.78 is 24.9. The van der Waals surface area contributed by atoms with Crippen LogP contribution in [-0.2, 0) is 0 Å². The Labute approximate surface area is 139 Å². The molecule has 126 valence electrons. The first kappa shape index (κ1) is 16.7. The minimum atomic E-state index is -1.46. The maximum absolute atomic E-state index is 12.5. The van der Waals surface area contributed by atoms with Gasteiger partial charge in [0.2, 0.25) is 0 Å². The first-order valence-electron chi connectivity index (χ1n) is 9.30. The van der Waals surface area contributed by atoms with Crippen LogP contribution < -0.4 is 0 Å². The number of halogens is 2. The van der Waals surface area contributed by atoms with Gasteiger partial charge < -0.3 is 0 Å². The van der Waals surface area contributed by atoms with Gasteiger partial charge in [0.25, 0.3) is 6.08 Å². The predicted octanol–water partition coefficient (Wildman–Crippen LogP) is 7.18. The normalized spacial score (nSPS) is 27.6. The van der Waals surface area contributed by atoms with Crippen LogP contribution in [0.4, 0.5) is 8.78 Å². The molecule has 0 nitrogen and oxygen atoms in total. The van der Waals surface area contributed by atoms with Gasteiger partial charge in [-0.3, -0.25) is 0 Å². The molecule has 1 aromatic carbocycles. The lowest BCUT2D eigenvalue weighted by Crippen LogP contribution is -2.15. The quantitative estimate of drug-likeness (QED) is 0.539. The molecule has 2 aliphatic carbocycles. The van der Waals surface area contributed by atoms with Gasteiger partial charge >= 0.3 is 0 Å². The Morgan fingerprint density at radius 3 is 2.00 bits per heavy atom. The summed E-state index contributed by atoms with van der Waals surface area (Å²) in [6.45, 7) is 2.27. The summed E-state index contributed by atoms with van der Waals surface area (Å²) in [6, 6.07) is 8.85. The lowest BCUT2D eigenvalue weighted by Gasteiger charge is -2.30. The Morgan fingerprint density at radius 1 is 0.913 bits per heavy atom. The van der Waals surface area contributed by atoms with Crippen molar-refractivity contribution in [1.82, 2.24) is 0 Å². The van der Waals surface area contributed by atoms with Crippen molar-refractivity contribution in [3.63, 3.8) is 0 Å². The van der Waals surface area contributed by atoms with Crippen molar-refractivity contribution in [2.75, 3.05) is 0 Å². The number of hydrogen-bond acceptors (Lipinski definition) is 0. The minimum absolute atomic E-state index is 0.310. The molecule has 0 aromatic heterocycles. The summed E-state index contributed by atoms with van der Waals surface area (Å²) >= 11 is 0. The predicted molar refractivity (Wildman–Crippen MR) is 91.9 cm³/mol. The van der Waals surface area contributed by atoms with Crippen LogP contribution in [0.15, 0.2) is 35.9 Å². The second-order valence-corrected chi connectivity index (χ2v) is 7.50. The van der Waals surface area contributed by atoms with Crippen molar-refractivity contribution in [1.29, 1.82) is 0 Å². The Hall–Kier alpha value is -1.18. The van der Waals surface area contributed by atoms with E-state index in [1.165, 1.54) is 56.1 Å². The highest BCUT2D eigenvalue weighted by Crippen LogP contribution is 2.44. The molecule has 0 heterocycles. The fourth-order valence-corrected chi connectivity index (χ4v) is 4.24. The highest BCUT2D eigenvalue weighted by Gasteiger charge is 2.28. The van der Waals surface area contributed by atoms with E-state index in [4.69, 9.17) is 0 Å². The van der Waals surface area contributed by atoms with Gasteiger partial charge in [0.1, 0.15) is 0 Å². The fraction of sp³-hybridized carbons (Fsp3) is 0.619. The van der Waals surface area contributed by atoms with Crippen LogP contribution in [0.1, 0.15) is 87.7 Å². The van der Waals surface area contributed by atoms with Crippen LogP contribution in [-0.4, -0.2) is 0 Å². The van der Waals surface area contributed by atoms with Gasteiger partial charge in [-0.2, -0.15) is 8.78 Å². The first-order valence-corrected chi connectivity index (χ1v) is 9.30. The summed E-state index contributed by atoms with van der Waals surface area (Å²) in [4.78, 5) is 0. The Balaban J connectivity index is 1.52. The number of unbranched alkanes of at least 4 members (excludes halogenated alkanes) is 1. The molecular weight excluding hydrogens is 290 g/mol. The first-order chi connectivity index (χ1) is 11.2. The number of rotatable bonds is 5. The van der Waals surface area contributed by atoms with Crippen LogP contribution >= 0.6 is 0 Å². The molecule has 0 saturated heterocycles. The van der Waals surface area contributed by atoms with Crippen LogP contribution in [0.5, 0.6) is 0 Å². The van der Waals surface area contributed by atoms with Crippen molar-refractivity contribution in [2.24, 2.45) is 5.92 Å². The van der Waals surface area contributed by atoms with Crippen molar-refractivity contribution in [3.05, 3.63) is 47.0 Å². The van der Waals surface area contributed by atoms with Crippen molar-refractivity contribution in [2.45, 2.75) is 76.5 Å². The highest BCUT2D eigenvalue weighted by molar-refractivity contribution is 5.33. The molecule has 0 aliphatic heterocycles. The molecule has 0 atom stereocenters. The van der Waals surface area contributed by atoms with Crippen molar-refractivity contribution < 1.29 is 8.78 Å². The number of allylic oxidation sites excluding steroid dienone is 1. The molecule has 2 aliphatic rings. The molecule has 1 aromatic rings. The molecular formula is C21H28F2. The molecule has 2 heteroatoms. The van der Waals surface area contributed by atoms with Crippen LogP contribution in [0.3, 0.4) is 0 Å². The molecule has 0 spiro atoms. The SMILES string of the molecule is CCCCC1CCC(c2ccc(C3CC(=C(F)F)C3)cc2)CC1. The summed E-state index contributed by atoms with van der Waals surface area (Å²) in [5.74, 6) is 1.97. The third-order valence-electron chi connectivity index (χ3n) is 5.94. The molecule has 0 bridgehead atoms. The van der Waals surface area contributed by atoms with Crippen molar-refractivity contribution >= 4 is 0 Å². The summed E-state index contributed by atoms with van der Waals surface area (Å²) in [7, 11) is 0. The van der Waals surface area contributed by atoms with E-state index in [2.05, 4.69) is 31.2 Å². The zero-order valence-corrected chi connectivity index (χ0v) is 14.2. The van der Waals surface area contributed by atoms with Gasteiger partial charge in [-0.25, -0.2) is 0 Å². The lowest BCUT2D eigenvalue weighted by atomic mass is 9.74. The molecule has 2 saturated carbocycles. The molecule has 0 radical (unpaired) electrons. The smallest absolute Gasteiger partial charge is 0.173 e. The van der Waals surface area contributed by atoms with E-state index >= 15 is 0 Å². The Morgan fingerprint density at radius 2 is 1.48 bits per heavy atom. The van der Waals surface area contributed by atoms with E-state index in [9.17, 15) is 8.78 Å². The molecule has 0 amide bonds. The monoisotopic (exact) mass is 318 g/mol. The van der Waals surface area contributed by atoms with Gasteiger partial charge in [-0.05, 0) is 73.0 Å². The zero-order valence-electron chi connectivity index (χ0n) is 14.2. The average Bonchev–Trinajstić information content (AvgIpc) is 2.52. The summed E-state index contributed by atoms with van der Waals surface area (Å²) in [6.07, 6.45) is 9.11. The summed E-state index contributed by atoms with van der Waals surface area (Å²) in [5, 5.41) is 0. The maximum Gasteiger partial charge on any atom is 0.269 e. The van der Waals surface area contributed by atoms with Gasteiger partial charge in [0, 0.05) is 0 Å². The second-order valence-electron chi connectivity index (χ2n) is 7.50. The standard InChI is InChI=1S/C21H28F2/c1-2-3-4-15-5-7-16(8-6-15)17-9-11-18(12-10-17)19-13-20(14-19)21(22)23/h9-12,15-16,19H,2-8,13-14H2,1H3. The van der Waals surface area contributed by atoms with Gasteiger partial charge in [-0.1, -0.05) is 50.5 Å². The van der Waals surface area contributed by atoms with Crippen LogP contribution in [0.2, 0.25) is 0 Å². The Kier molecular flexibility index (Phi) is 5.50. The molecule has 2 fully saturated rings. The average molecular weight is 318 g/mol. The van der Waals surface area contributed by atoms with Gasteiger partial charge in [0.05, 0.1) is 0 Å². The lowest BCUT2D eigenvalue weighted by molar-refractivity contribution is 0.304. The van der Waals surface area contributed by atoms with Crippen molar-refractivity contribution in [3.8, 4) is 0 Å². The minimum Gasteiger partial charge on any atom is -0.173 e. The third kappa shape index (κ3) is 4.02. The second kappa shape index (κ2) is 7.59. The van der Waals surface area contributed by atoms with E-state index in [0.717, 1.165) is 5.92 Å². The topological polar surface area (TPSA) is 0 Å². The van der Waals surface area contributed by atoms with E-state index in [0.29, 0.717) is 30.3 Å². The molecule has 3 rings (SSSR count). The fourth-order valence-electron chi connectivity index (χ4n) is 4.24. The highest BCUT2D eigenvalue weighted by atomic mass is 19.3. The Bertz CT molecular complexity index is 523. The number of hydrogen-bond donors (Lipinski definition) is 0. The van der Waals surface area contributed by atoms with E-state index in [-0.39, 0.29) is 0 Å². The number of benzene rings is 1. The molecule has 0 N–H and O–H groups in total. The van der Waals surface area contributed by atoms with Crippen LogP contribution in [0.25, 0.3) is 0 Å². The van der Waals surface area contributed by atoms with Gasteiger partial charge in [-0.15, -0.1) is 0 Å². The summed E-state index contributed by atoms with van der Waals surface area (Å²) in [5.41, 5.74) is 3.04. The third-order valence-corrected chi connectivity index (χ3v) is 5.94. The maximum atomic E-state index is 12.5. The zero-order chi connectivity index (χ0) is 16.2. The van der Waals surface area contributed by atoms with Gasteiger partial charge in [0.15, 0.2) is 0 Å². The molecule has 0 unspecified atom stereocenters.